The predicted molar refractivity (Wildman–Crippen MR) is 84.1 cm³/mol. The molecule has 2 aromatic rings. The second kappa shape index (κ2) is 8.21. The van der Waals surface area contributed by atoms with Gasteiger partial charge in [-0.3, -0.25) is 0 Å². The van der Waals surface area contributed by atoms with Crippen LogP contribution in [0.3, 0.4) is 0 Å². The van der Waals surface area contributed by atoms with Gasteiger partial charge >= 0.3 is 6.36 Å². The monoisotopic (exact) mass is 347 g/mol. The van der Waals surface area contributed by atoms with Gasteiger partial charge in [-0.2, -0.15) is 5.26 Å². The number of rotatable bonds is 4. The molecule has 0 aliphatic heterocycles. The molecule has 0 radical (unpaired) electrons. The van der Waals surface area contributed by atoms with Crippen molar-refractivity contribution < 1.29 is 22.3 Å². The van der Waals surface area contributed by atoms with Crippen LogP contribution in [-0.4, -0.2) is 6.36 Å². The van der Waals surface area contributed by atoms with Crippen LogP contribution in [0.15, 0.2) is 42.5 Å². The van der Waals surface area contributed by atoms with Crippen LogP contribution in [0.25, 0.3) is 0 Å². The standard InChI is InChI=1S/C19H13F4NO/c20-18-13-14(5-2-1-3-10-24)8-9-16(18)11-15-6-4-7-17(12-15)25-19(21,22)23/h4,6-9,12-13H,1,3,11H2. The molecule has 6 heteroatoms. The second-order valence-corrected chi connectivity index (χ2v) is 5.14. The first-order valence-corrected chi connectivity index (χ1v) is 7.36. The maximum atomic E-state index is 14.2. The molecule has 0 aromatic heterocycles. The lowest BCUT2D eigenvalue weighted by atomic mass is 10.0. The Bertz CT molecular complexity index is 841. The van der Waals surface area contributed by atoms with E-state index in [1.54, 1.807) is 18.2 Å². The first-order chi connectivity index (χ1) is 11.9. The Morgan fingerprint density at radius 2 is 1.84 bits per heavy atom. The van der Waals surface area contributed by atoms with Gasteiger partial charge in [-0.15, -0.1) is 13.2 Å². The molecular weight excluding hydrogens is 334 g/mol. The first-order valence-electron chi connectivity index (χ1n) is 7.36. The van der Waals surface area contributed by atoms with Crippen molar-refractivity contribution in [1.29, 1.82) is 5.26 Å². The van der Waals surface area contributed by atoms with Gasteiger partial charge in [-0.05, 0) is 35.4 Å². The summed E-state index contributed by atoms with van der Waals surface area (Å²) < 4.78 is 54.7. The van der Waals surface area contributed by atoms with E-state index in [-0.39, 0.29) is 12.2 Å². The van der Waals surface area contributed by atoms with E-state index in [1.807, 2.05) is 6.07 Å². The molecule has 0 atom stereocenters. The van der Waals surface area contributed by atoms with Crippen molar-refractivity contribution in [2.24, 2.45) is 0 Å². The Kier molecular flexibility index (Phi) is 6.03. The summed E-state index contributed by atoms with van der Waals surface area (Å²) in [7, 11) is 0. The lowest BCUT2D eigenvalue weighted by Crippen LogP contribution is -2.17. The smallest absolute Gasteiger partial charge is 0.406 e. The molecule has 0 unspecified atom stereocenters. The fraction of sp³-hybridized carbons (Fsp3) is 0.211. The van der Waals surface area contributed by atoms with Crippen LogP contribution in [0.5, 0.6) is 5.75 Å². The highest BCUT2D eigenvalue weighted by atomic mass is 19.4. The third kappa shape index (κ3) is 6.19. The summed E-state index contributed by atoms with van der Waals surface area (Å²) in [5.74, 6) is 4.69. The van der Waals surface area contributed by atoms with Crippen LogP contribution in [0.4, 0.5) is 17.6 Å². The average molecular weight is 347 g/mol. The molecule has 0 aliphatic carbocycles. The summed E-state index contributed by atoms with van der Waals surface area (Å²) in [6.07, 6.45) is -3.92. The van der Waals surface area contributed by atoms with Crippen LogP contribution >= 0.6 is 0 Å². The Labute approximate surface area is 142 Å². The summed E-state index contributed by atoms with van der Waals surface area (Å²) in [4.78, 5) is 0. The number of benzene rings is 2. The molecule has 0 fully saturated rings. The Hall–Kier alpha value is -2.99. The largest absolute Gasteiger partial charge is 0.573 e. The van der Waals surface area contributed by atoms with Gasteiger partial charge in [0.2, 0.25) is 0 Å². The fourth-order valence-corrected chi connectivity index (χ4v) is 2.12. The van der Waals surface area contributed by atoms with Gasteiger partial charge in [-0.1, -0.05) is 30.0 Å². The molecule has 128 valence electrons. The molecule has 0 heterocycles. The van der Waals surface area contributed by atoms with Crippen LogP contribution in [0, 0.1) is 29.0 Å². The molecule has 2 aromatic carbocycles. The van der Waals surface area contributed by atoms with Crippen molar-refractivity contribution in [2.45, 2.75) is 25.6 Å². The van der Waals surface area contributed by atoms with E-state index in [1.165, 1.54) is 24.3 Å². The van der Waals surface area contributed by atoms with Gasteiger partial charge in [0.05, 0.1) is 6.07 Å². The van der Waals surface area contributed by atoms with Crippen molar-refractivity contribution >= 4 is 0 Å². The summed E-state index contributed by atoms with van der Waals surface area (Å²) in [5.41, 5.74) is 1.31. The maximum Gasteiger partial charge on any atom is 0.573 e. The van der Waals surface area contributed by atoms with Crippen molar-refractivity contribution in [2.75, 3.05) is 0 Å². The molecule has 0 saturated heterocycles. The summed E-state index contributed by atoms with van der Waals surface area (Å²) in [6, 6.07) is 11.8. The number of nitriles is 1. The maximum absolute atomic E-state index is 14.2. The number of alkyl halides is 3. The minimum Gasteiger partial charge on any atom is -0.406 e. The van der Waals surface area contributed by atoms with Crippen molar-refractivity contribution in [3.05, 3.63) is 65.0 Å². The number of hydrogen-bond donors (Lipinski definition) is 0. The number of halogens is 4. The minimum atomic E-state index is -4.77. The Balaban J connectivity index is 2.11. The van der Waals surface area contributed by atoms with Gasteiger partial charge in [0, 0.05) is 24.8 Å². The number of nitrogens with zero attached hydrogens (tertiary/aromatic N) is 1. The van der Waals surface area contributed by atoms with Crippen LogP contribution < -0.4 is 4.74 Å². The zero-order chi connectivity index (χ0) is 18.3. The molecule has 2 nitrogen and oxygen atoms in total. The molecule has 0 amide bonds. The summed E-state index contributed by atoms with van der Waals surface area (Å²) >= 11 is 0. The van der Waals surface area contributed by atoms with Crippen LogP contribution in [0.2, 0.25) is 0 Å². The SMILES string of the molecule is N#CCCC#Cc1ccc(Cc2cccc(OC(F)(F)F)c2)c(F)c1. The summed E-state index contributed by atoms with van der Waals surface area (Å²) in [6.45, 7) is 0. The van der Waals surface area contributed by atoms with E-state index in [2.05, 4.69) is 16.6 Å². The van der Waals surface area contributed by atoms with Gasteiger partial charge in [-0.25, -0.2) is 4.39 Å². The quantitative estimate of drug-likeness (QED) is 0.444. The third-order valence-electron chi connectivity index (χ3n) is 3.17. The summed E-state index contributed by atoms with van der Waals surface area (Å²) in [5, 5.41) is 8.42. The molecule has 0 aliphatic rings. The van der Waals surface area contributed by atoms with Gasteiger partial charge in [0.1, 0.15) is 11.6 Å². The number of ether oxygens (including phenoxy) is 1. The molecule has 0 spiro atoms. The highest BCUT2D eigenvalue weighted by Gasteiger charge is 2.31. The fourth-order valence-electron chi connectivity index (χ4n) is 2.12. The molecule has 0 N–H and O–H groups in total. The van der Waals surface area contributed by atoms with E-state index in [0.717, 1.165) is 0 Å². The van der Waals surface area contributed by atoms with E-state index >= 15 is 0 Å². The van der Waals surface area contributed by atoms with Crippen molar-refractivity contribution in [1.82, 2.24) is 0 Å². The average Bonchev–Trinajstić information content (AvgIpc) is 2.53. The first kappa shape index (κ1) is 18.4. The van der Waals surface area contributed by atoms with E-state index in [4.69, 9.17) is 5.26 Å². The number of hydrogen-bond acceptors (Lipinski definition) is 2. The van der Waals surface area contributed by atoms with Gasteiger partial charge < -0.3 is 4.74 Å². The van der Waals surface area contributed by atoms with Crippen LogP contribution in [0.1, 0.15) is 29.5 Å². The van der Waals surface area contributed by atoms with E-state index in [9.17, 15) is 17.6 Å². The van der Waals surface area contributed by atoms with E-state index < -0.39 is 12.2 Å². The molecule has 0 saturated carbocycles. The molecular formula is C19H13F4NO. The predicted octanol–water partition coefficient (Wildman–Crippen LogP) is 4.97. The molecule has 0 bridgehead atoms. The lowest BCUT2D eigenvalue weighted by Gasteiger charge is -2.10. The molecule has 2 rings (SSSR count). The second-order valence-electron chi connectivity index (χ2n) is 5.14. The third-order valence-corrected chi connectivity index (χ3v) is 3.17. The Morgan fingerprint density at radius 3 is 2.52 bits per heavy atom. The van der Waals surface area contributed by atoms with Gasteiger partial charge in [0.15, 0.2) is 0 Å². The zero-order valence-corrected chi connectivity index (χ0v) is 13.0. The Morgan fingerprint density at radius 1 is 1.04 bits per heavy atom. The van der Waals surface area contributed by atoms with Crippen LogP contribution in [-0.2, 0) is 6.42 Å². The zero-order valence-electron chi connectivity index (χ0n) is 13.0. The highest BCUT2D eigenvalue weighted by molar-refractivity contribution is 5.39. The highest BCUT2D eigenvalue weighted by Crippen LogP contribution is 2.24. The van der Waals surface area contributed by atoms with E-state index in [0.29, 0.717) is 29.5 Å². The minimum absolute atomic E-state index is 0.128. The topological polar surface area (TPSA) is 33.0 Å². The van der Waals surface area contributed by atoms with Crippen molar-refractivity contribution in [3.8, 4) is 23.7 Å². The number of unbranched alkanes of at least 4 members (excludes halogenated alkanes) is 1. The normalized spacial score (nSPS) is 10.5. The van der Waals surface area contributed by atoms with Crippen molar-refractivity contribution in [3.63, 3.8) is 0 Å². The van der Waals surface area contributed by atoms with Gasteiger partial charge in [0.25, 0.3) is 0 Å². The lowest BCUT2D eigenvalue weighted by molar-refractivity contribution is -0.274. The molecule has 25 heavy (non-hydrogen) atoms.